The molecule has 0 radical (unpaired) electrons. The molecule has 0 bridgehead atoms. The number of carboxylic acids is 1. The van der Waals surface area contributed by atoms with Crippen LogP contribution in [0.25, 0.3) is 0 Å². The summed E-state index contributed by atoms with van der Waals surface area (Å²) in [6.45, 7) is 22.0. The predicted octanol–water partition coefficient (Wildman–Crippen LogP) is 7.37. The van der Waals surface area contributed by atoms with Crippen LogP contribution in [0.5, 0.6) is 0 Å². The van der Waals surface area contributed by atoms with Crippen LogP contribution in [0.3, 0.4) is 0 Å². The second-order valence-corrected chi connectivity index (χ2v) is 19.5. The average molecular weight is 850 g/mol. The first-order valence-corrected chi connectivity index (χ1v) is 23.4. The monoisotopic (exact) mass is 850 g/mol. The lowest BCUT2D eigenvalue weighted by Crippen LogP contribution is -2.62. The summed E-state index contributed by atoms with van der Waals surface area (Å²) in [6.07, 6.45) is 6.30. The molecule has 1 spiro atoms. The first kappa shape index (κ1) is 48.9. The van der Waals surface area contributed by atoms with E-state index in [1.807, 2.05) is 53.7 Å². The number of carboxylic acid groups (broad SMARTS) is 1. The van der Waals surface area contributed by atoms with Crippen LogP contribution in [0.1, 0.15) is 147 Å². The molecule has 4 saturated heterocycles. The van der Waals surface area contributed by atoms with Gasteiger partial charge in [0.2, 0.25) is 0 Å². The summed E-state index contributed by atoms with van der Waals surface area (Å²) in [4.78, 5) is 39.6. The molecular formula is C47H79NO12. The van der Waals surface area contributed by atoms with Crippen molar-refractivity contribution in [1.29, 1.82) is 0 Å². The molecule has 2 unspecified atom stereocenters. The fourth-order valence-electron chi connectivity index (χ4n) is 11.2. The van der Waals surface area contributed by atoms with Crippen molar-refractivity contribution in [2.75, 3.05) is 6.61 Å². The van der Waals surface area contributed by atoms with Crippen LogP contribution in [0.2, 0.25) is 0 Å². The van der Waals surface area contributed by atoms with Gasteiger partial charge in [-0.25, -0.2) is 4.79 Å². The van der Waals surface area contributed by atoms with Gasteiger partial charge in [0.05, 0.1) is 72.5 Å². The van der Waals surface area contributed by atoms with Crippen molar-refractivity contribution < 1.29 is 58.1 Å². The van der Waals surface area contributed by atoms with E-state index in [0.29, 0.717) is 64.2 Å². The van der Waals surface area contributed by atoms with Gasteiger partial charge in [0.1, 0.15) is 11.9 Å². The fraction of sp³-hybridized carbons (Fsp3) is 0.894. The zero-order valence-electron chi connectivity index (χ0n) is 38.4. The van der Waals surface area contributed by atoms with E-state index >= 15 is 0 Å². The van der Waals surface area contributed by atoms with Gasteiger partial charge < -0.3 is 49.1 Å². The van der Waals surface area contributed by atoms with E-state index < -0.39 is 89.3 Å². The molecule has 0 aromatic rings. The van der Waals surface area contributed by atoms with Crippen molar-refractivity contribution in [2.45, 2.75) is 219 Å². The Labute approximate surface area is 359 Å². The zero-order valence-corrected chi connectivity index (χ0v) is 38.4. The van der Waals surface area contributed by atoms with Gasteiger partial charge in [0.25, 0.3) is 0 Å². The minimum absolute atomic E-state index is 0.000655. The van der Waals surface area contributed by atoms with E-state index in [-0.39, 0.29) is 48.5 Å². The number of carbonyl (C=O) groups is 3. The Morgan fingerprint density at radius 2 is 1.58 bits per heavy atom. The average Bonchev–Trinajstić information content (AvgIpc) is 3.63. The lowest BCUT2D eigenvalue weighted by molar-refractivity contribution is -0.327. The number of hydrogen-bond donors (Lipinski definition) is 4. The normalized spacial score (nSPS) is 42.2. The summed E-state index contributed by atoms with van der Waals surface area (Å²) >= 11 is 0. The van der Waals surface area contributed by atoms with Gasteiger partial charge in [-0.05, 0) is 102 Å². The van der Waals surface area contributed by atoms with E-state index in [1.54, 1.807) is 6.92 Å². The fourth-order valence-corrected chi connectivity index (χ4v) is 11.2. The molecule has 5 rings (SSSR count). The maximum atomic E-state index is 14.6. The van der Waals surface area contributed by atoms with Crippen LogP contribution in [-0.4, -0.2) is 112 Å². The molecule has 1 amide bonds. The standard InChI is InChI=1S/C47H79NO12/c1-12-24-55-44(53)48-34-18-23-47(60-42(34)36-19-21-45(11,58-36)37-20-22-46(54,15-4)31(10)56-37)28(7)25-27(6)41(59-47)33(14-3)39(50)29(8)38(49)30(9)40-26(5)16-17-35(57-40)32(13-2)43(51)52/h18,23,26-38,40-42,49,54H,12-17,19-22,24-25H2,1-11H3,(H,48,53)(H,51,52)/t26-,27-,28+,29-,30-,31-,32+,33-,34+,35+,36?,37+,38+,40+,41-,42?,45-,46+,47-/m0/s1. The number of nitrogens with one attached hydrogen (secondary N) is 1. The summed E-state index contributed by atoms with van der Waals surface area (Å²) < 4.78 is 39.5. The van der Waals surface area contributed by atoms with Crippen molar-refractivity contribution in [3.8, 4) is 0 Å². The Bertz CT molecular complexity index is 1490. The maximum Gasteiger partial charge on any atom is 0.407 e. The molecule has 13 nitrogen and oxygen atoms in total. The van der Waals surface area contributed by atoms with Crippen molar-refractivity contribution in [1.82, 2.24) is 5.32 Å². The Kier molecular flexibility index (Phi) is 16.4. The number of rotatable bonds is 16. The van der Waals surface area contributed by atoms with Gasteiger partial charge in [-0.1, -0.05) is 68.4 Å². The zero-order chi connectivity index (χ0) is 44.3. The highest BCUT2D eigenvalue weighted by Gasteiger charge is 2.57. The first-order valence-electron chi connectivity index (χ1n) is 23.4. The third-order valence-electron chi connectivity index (χ3n) is 15.4. The van der Waals surface area contributed by atoms with Gasteiger partial charge in [-0.15, -0.1) is 0 Å². The van der Waals surface area contributed by atoms with Crippen molar-refractivity contribution in [2.24, 2.45) is 41.4 Å². The maximum absolute atomic E-state index is 14.6. The number of amides is 1. The number of Topliss-reactive ketones (excluding diaryl/α,β-unsaturated/α-hetero) is 1. The molecule has 13 heteroatoms. The summed E-state index contributed by atoms with van der Waals surface area (Å²) in [5, 5.41) is 35.8. The molecule has 5 aliphatic heterocycles. The number of aliphatic carboxylic acids is 1. The summed E-state index contributed by atoms with van der Waals surface area (Å²) in [5.74, 6) is -4.48. The summed E-state index contributed by atoms with van der Waals surface area (Å²) in [7, 11) is 0. The number of alkyl carbamates (subject to hydrolysis) is 1. The van der Waals surface area contributed by atoms with Crippen LogP contribution >= 0.6 is 0 Å². The number of carbonyl (C=O) groups excluding carboxylic acids is 2. The van der Waals surface area contributed by atoms with E-state index in [2.05, 4.69) is 33.0 Å². The van der Waals surface area contributed by atoms with Crippen LogP contribution in [-0.2, 0) is 38.0 Å². The first-order chi connectivity index (χ1) is 28.3. The van der Waals surface area contributed by atoms with Crippen LogP contribution < -0.4 is 5.32 Å². The molecule has 4 N–H and O–H groups in total. The number of hydrogen-bond acceptors (Lipinski definition) is 11. The van der Waals surface area contributed by atoms with Crippen molar-refractivity contribution in [3.05, 3.63) is 12.2 Å². The molecule has 4 fully saturated rings. The Morgan fingerprint density at radius 3 is 2.20 bits per heavy atom. The molecule has 60 heavy (non-hydrogen) atoms. The lowest BCUT2D eigenvalue weighted by Gasteiger charge is -2.52. The highest BCUT2D eigenvalue weighted by atomic mass is 16.7. The Hall–Kier alpha value is -2.13. The van der Waals surface area contributed by atoms with Crippen LogP contribution in [0, 0.1) is 41.4 Å². The highest BCUT2D eigenvalue weighted by Crippen LogP contribution is 2.49. The van der Waals surface area contributed by atoms with E-state index in [4.69, 9.17) is 28.4 Å². The Morgan fingerprint density at radius 1 is 0.883 bits per heavy atom. The van der Waals surface area contributed by atoms with Crippen LogP contribution in [0.4, 0.5) is 4.79 Å². The molecule has 0 aromatic carbocycles. The summed E-state index contributed by atoms with van der Waals surface area (Å²) in [6, 6.07) is -0.579. The minimum atomic E-state index is -1.22. The largest absolute Gasteiger partial charge is 0.481 e. The van der Waals surface area contributed by atoms with E-state index in [1.165, 1.54) is 0 Å². The van der Waals surface area contributed by atoms with Gasteiger partial charge in [0, 0.05) is 23.7 Å². The van der Waals surface area contributed by atoms with Gasteiger partial charge >= 0.3 is 12.1 Å². The number of aliphatic hydroxyl groups excluding tert-OH is 1. The van der Waals surface area contributed by atoms with Gasteiger partial charge in [-0.3, -0.25) is 9.59 Å². The second kappa shape index (κ2) is 20.1. The topological polar surface area (TPSA) is 179 Å². The van der Waals surface area contributed by atoms with E-state index in [9.17, 15) is 29.7 Å². The minimum Gasteiger partial charge on any atom is -0.481 e. The molecular weight excluding hydrogens is 771 g/mol. The third-order valence-corrected chi connectivity index (χ3v) is 15.4. The van der Waals surface area contributed by atoms with Crippen LogP contribution in [0.15, 0.2) is 12.2 Å². The molecule has 19 atom stereocenters. The number of aliphatic hydroxyl groups is 2. The molecule has 0 saturated carbocycles. The smallest absolute Gasteiger partial charge is 0.407 e. The lowest BCUT2D eigenvalue weighted by atomic mass is 9.72. The molecule has 0 aromatic heterocycles. The molecule has 5 aliphatic rings. The number of ketones is 1. The van der Waals surface area contributed by atoms with Gasteiger partial charge in [-0.2, -0.15) is 0 Å². The van der Waals surface area contributed by atoms with Crippen molar-refractivity contribution in [3.63, 3.8) is 0 Å². The third kappa shape index (κ3) is 10.1. The Balaban J connectivity index is 1.35. The van der Waals surface area contributed by atoms with E-state index in [0.717, 1.165) is 6.42 Å². The molecule has 5 heterocycles. The predicted molar refractivity (Wildman–Crippen MR) is 226 cm³/mol. The molecule has 344 valence electrons. The quantitative estimate of drug-likeness (QED) is 0.114. The summed E-state index contributed by atoms with van der Waals surface area (Å²) in [5.41, 5.74) is -1.51. The second-order valence-electron chi connectivity index (χ2n) is 19.5. The molecule has 0 aliphatic carbocycles. The van der Waals surface area contributed by atoms with Gasteiger partial charge in [0.15, 0.2) is 5.79 Å². The number of ether oxygens (including phenoxy) is 6. The van der Waals surface area contributed by atoms with Crippen molar-refractivity contribution >= 4 is 17.8 Å². The SMILES string of the molecule is CCCOC(=O)N[C@@H]1C=C[C@@]2(OC1C1CC[C@@](C)([C@H]3CC[C@](O)(CC)[C@H](C)O3)O1)O[C@H]([C@@H](CC)C(=O)[C@@H](C)[C@@H](O)[C@H](C)[C@@H]1O[C@@H]([C@@H](CC)C(=O)O)CC[C@@H]1C)[C@@H](C)C[C@H]2C. The highest BCUT2D eigenvalue weighted by molar-refractivity contribution is 5.84.